The zero-order chi connectivity index (χ0) is 12.6. The molecule has 0 aliphatic heterocycles. The molecular formula is C14H13N3S. The molecule has 0 radical (unpaired) electrons. The minimum atomic E-state index is 0.695. The smallest absolute Gasteiger partial charge is 0.100 e. The fraction of sp³-hybridized carbons (Fsp3) is 0.0714. The molecule has 0 saturated carbocycles. The lowest BCUT2D eigenvalue weighted by atomic mass is 10.2. The Bertz CT molecular complexity index is 523. The summed E-state index contributed by atoms with van der Waals surface area (Å²) < 4.78 is 0. The molecule has 0 saturated heterocycles. The third-order valence-corrected chi connectivity index (χ3v) is 2.53. The van der Waals surface area contributed by atoms with Crippen molar-refractivity contribution in [1.82, 2.24) is 10.4 Å². The minimum absolute atomic E-state index is 0.695. The summed E-state index contributed by atoms with van der Waals surface area (Å²) in [4.78, 5) is 4.69. The zero-order valence-corrected chi connectivity index (χ0v) is 10.6. The number of nitrogens with zero attached hydrogens (tertiary/aromatic N) is 2. The van der Waals surface area contributed by atoms with Crippen molar-refractivity contribution in [3.8, 4) is 0 Å². The first-order chi connectivity index (χ1) is 8.84. The second-order valence-electron chi connectivity index (χ2n) is 3.74. The normalized spacial score (nSPS) is 10.4. The van der Waals surface area contributed by atoms with E-state index in [9.17, 15) is 0 Å². The summed E-state index contributed by atoms with van der Waals surface area (Å²) in [5, 5.41) is 4.08. The lowest BCUT2D eigenvalue weighted by molar-refractivity contribution is 1.02. The van der Waals surface area contributed by atoms with Gasteiger partial charge in [0.25, 0.3) is 0 Å². The van der Waals surface area contributed by atoms with Crippen LogP contribution in [0.1, 0.15) is 11.1 Å². The van der Waals surface area contributed by atoms with Gasteiger partial charge in [0.2, 0.25) is 0 Å². The molecule has 0 amide bonds. The molecule has 0 atom stereocenters. The SMILES string of the molecule is S=C(Cc1ccccc1)N/N=C/c1cccnc1. The first-order valence-corrected chi connectivity index (χ1v) is 6.01. The standard InChI is InChI=1S/C14H13N3S/c18-14(9-12-5-2-1-3-6-12)17-16-11-13-7-4-8-15-10-13/h1-8,10-11H,9H2,(H,17,18)/b16-11+. The van der Waals surface area contributed by atoms with E-state index in [2.05, 4.69) is 15.5 Å². The van der Waals surface area contributed by atoms with Crippen LogP contribution in [-0.4, -0.2) is 16.2 Å². The van der Waals surface area contributed by atoms with E-state index < -0.39 is 0 Å². The van der Waals surface area contributed by atoms with Crippen molar-refractivity contribution in [1.29, 1.82) is 0 Å². The molecule has 1 aromatic carbocycles. The second kappa shape index (κ2) is 6.61. The van der Waals surface area contributed by atoms with Crippen LogP contribution in [0.15, 0.2) is 60.0 Å². The maximum atomic E-state index is 5.21. The fourth-order valence-electron chi connectivity index (χ4n) is 1.45. The third-order valence-electron chi connectivity index (χ3n) is 2.29. The predicted octanol–water partition coefficient (Wildman–Crippen LogP) is 2.58. The molecule has 0 fully saturated rings. The Hall–Kier alpha value is -2.07. The van der Waals surface area contributed by atoms with Gasteiger partial charge in [0.05, 0.1) is 6.21 Å². The van der Waals surface area contributed by atoms with Gasteiger partial charge in [-0.05, 0) is 11.6 Å². The Labute approximate surface area is 112 Å². The average molecular weight is 255 g/mol. The van der Waals surface area contributed by atoms with E-state index in [0.29, 0.717) is 11.4 Å². The summed E-state index contributed by atoms with van der Waals surface area (Å²) in [6.07, 6.45) is 5.86. The molecule has 0 aliphatic carbocycles. The molecule has 3 nitrogen and oxygen atoms in total. The van der Waals surface area contributed by atoms with E-state index in [4.69, 9.17) is 12.2 Å². The van der Waals surface area contributed by atoms with Gasteiger partial charge in [-0.1, -0.05) is 48.6 Å². The quantitative estimate of drug-likeness (QED) is 0.518. The summed E-state index contributed by atoms with van der Waals surface area (Å²) in [6, 6.07) is 13.9. The molecule has 0 spiro atoms. The predicted molar refractivity (Wildman–Crippen MR) is 77.7 cm³/mol. The molecule has 1 N–H and O–H groups in total. The summed E-state index contributed by atoms with van der Waals surface area (Å²) in [5.74, 6) is 0. The molecular weight excluding hydrogens is 242 g/mol. The number of aromatic nitrogens is 1. The number of nitrogens with one attached hydrogen (secondary N) is 1. The van der Waals surface area contributed by atoms with Gasteiger partial charge < -0.3 is 0 Å². The second-order valence-corrected chi connectivity index (χ2v) is 4.23. The maximum Gasteiger partial charge on any atom is 0.100 e. The van der Waals surface area contributed by atoms with Crippen molar-refractivity contribution >= 4 is 23.4 Å². The molecule has 1 heterocycles. The van der Waals surface area contributed by atoms with Gasteiger partial charge in [0.1, 0.15) is 4.99 Å². The van der Waals surface area contributed by atoms with Gasteiger partial charge in [0, 0.05) is 24.4 Å². The highest BCUT2D eigenvalue weighted by atomic mass is 32.1. The van der Waals surface area contributed by atoms with Crippen LogP contribution in [0.5, 0.6) is 0 Å². The summed E-state index contributed by atoms with van der Waals surface area (Å²) in [5.41, 5.74) is 4.96. The number of thiocarbonyl (C=S) groups is 1. The van der Waals surface area contributed by atoms with E-state index in [1.54, 1.807) is 18.6 Å². The largest absolute Gasteiger partial charge is 0.271 e. The van der Waals surface area contributed by atoms with E-state index in [0.717, 1.165) is 5.56 Å². The number of hydrazone groups is 1. The van der Waals surface area contributed by atoms with Crippen molar-refractivity contribution in [2.45, 2.75) is 6.42 Å². The average Bonchev–Trinajstić information content (AvgIpc) is 2.41. The monoisotopic (exact) mass is 255 g/mol. The highest BCUT2D eigenvalue weighted by Crippen LogP contribution is 2.00. The Balaban J connectivity index is 1.84. The minimum Gasteiger partial charge on any atom is -0.271 e. The van der Waals surface area contributed by atoms with Crippen molar-refractivity contribution in [3.63, 3.8) is 0 Å². The van der Waals surface area contributed by atoms with Crippen LogP contribution in [0.2, 0.25) is 0 Å². The highest BCUT2D eigenvalue weighted by Gasteiger charge is 1.96. The maximum absolute atomic E-state index is 5.21. The molecule has 90 valence electrons. The first-order valence-electron chi connectivity index (χ1n) is 5.60. The zero-order valence-electron chi connectivity index (χ0n) is 9.78. The third kappa shape index (κ3) is 4.07. The van der Waals surface area contributed by atoms with Crippen LogP contribution in [0.3, 0.4) is 0 Å². The lowest BCUT2D eigenvalue weighted by Crippen LogP contribution is -2.17. The Morgan fingerprint density at radius 1 is 1.22 bits per heavy atom. The van der Waals surface area contributed by atoms with Crippen molar-refractivity contribution < 1.29 is 0 Å². The highest BCUT2D eigenvalue weighted by molar-refractivity contribution is 7.80. The summed E-state index contributed by atoms with van der Waals surface area (Å²) >= 11 is 5.21. The van der Waals surface area contributed by atoms with Crippen LogP contribution >= 0.6 is 12.2 Å². The molecule has 18 heavy (non-hydrogen) atoms. The van der Waals surface area contributed by atoms with Crippen LogP contribution in [0, 0.1) is 0 Å². The van der Waals surface area contributed by atoms with E-state index in [1.165, 1.54) is 5.56 Å². The Morgan fingerprint density at radius 3 is 2.78 bits per heavy atom. The fourth-order valence-corrected chi connectivity index (χ4v) is 1.67. The molecule has 2 aromatic rings. The number of hydrogen-bond acceptors (Lipinski definition) is 3. The van der Waals surface area contributed by atoms with Gasteiger partial charge in [-0.15, -0.1) is 0 Å². The van der Waals surface area contributed by atoms with Gasteiger partial charge in [-0.3, -0.25) is 10.4 Å². The van der Waals surface area contributed by atoms with Crippen LogP contribution in [-0.2, 0) is 6.42 Å². The van der Waals surface area contributed by atoms with Gasteiger partial charge >= 0.3 is 0 Å². The van der Waals surface area contributed by atoms with Gasteiger partial charge in [-0.25, -0.2) is 0 Å². The van der Waals surface area contributed by atoms with E-state index in [1.807, 2.05) is 42.5 Å². The van der Waals surface area contributed by atoms with Crippen LogP contribution < -0.4 is 5.43 Å². The number of benzene rings is 1. The summed E-state index contributed by atoms with van der Waals surface area (Å²) in [6.45, 7) is 0. The van der Waals surface area contributed by atoms with Gasteiger partial charge in [-0.2, -0.15) is 5.10 Å². The Morgan fingerprint density at radius 2 is 2.06 bits per heavy atom. The van der Waals surface area contributed by atoms with Crippen LogP contribution in [0.4, 0.5) is 0 Å². The molecule has 4 heteroatoms. The molecule has 2 rings (SSSR count). The Kier molecular flexibility index (Phi) is 4.55. The van der Waals surface area contributed by atoms with Crippen molar-refractivity contribution in [2.75, 3.05) is 0 Å². The van der Waals surface area contributed by atoms with Crippen molar-refractivity contribution in [3.05, 3.63) is 66.0 Å². The molecule has 0 aliphatic rings. The van der Waals surface area contributed by atoms with Gasteiger partial charge in [0.15, 0.2) is 0 Å². The molecule has 1 aromatic heterocycles. The lowest BCUT2D eigenvalue weighted by Gasteiger charge is -2.02. The number of hydrogen-bond donors (Lipinski definition) is 1. The van der Waals surface area contributed by atoms with Crippen LogP contribution in [0.25, 0.3) is 0 Å². The number of pyridine rings is 1. The van der Waals surface area contributed by atoms with E-state index >= 15 is 0 Å². The molecule has 0 unspecified atom stereocenters. The topological polar surface area (TPSA) is 37.3 Å². The summed E-state index contributed by atoms with van der Waals surface area (Å²) in [7, 11) is 0. The number of rotatable bonds is 4. The molecule has 0 bridgehead atoms. The van der Waals surface area contributed by atoms with Crippen molar-refractivity contribution in [2.24, 2.45) is 5.10 Å². The first kappa shape index (κ1) is 12.4. The van der Waals surface area contributed by atoms with E-state index in [-0.39, 0.29) is 0 Å².